The molecule has 2 heterocycles. The van der Waals surface area contributed by atoms with Crippen molar-refractivity contribution in [2.24, 2.45) is 0 Å². The van der Waals surface area contributed by atoms with Crippen LogP contribution in [0, 0.1) is 0 Å². The van der Waals surface area contributed by atoms with Crippen molar-refractivity contribution in [1.82, 2.24) is 25.5 Å². The van der Waals surface area contributed by atoms with E-state index in [-0.39, 0.29) is 12.5 Å². The third-order valence-corrected chi connectivity index (χ3v) is 2.84. The van der Waals surface area contributed by atoms with E-state index in [1.54, 1.807) is 6.07 Å². The molecular weight excluding hydrogens is 280 g/mol. The number of rotatable bonds is 6. The summed E-state index contributed by atoms with van der Waals surface area (Å²) in [7, 11) is 0. The van der Waals surface area contributed by atoms with Crippen LogP contribution in [-0.4, -0.2) is 32.6 Å². The van der Waals surface area contributed by atoms with E-state index in [4.69, 9.17) is 11.6 Å². The summed E-state index contributed by atoms with van der Waals surface area (Å²) in [6, 6.07) is 1.63. The van der Waals surface area contributed by atoms with Crippen LogP contribution in [0.5, 0.6) is 0 Å². The summed E-state index contributed by atoms with van der Waals surface area (Å²) < 4.78 is 0. The van der Waals surface area contributed by atoms with Crippen molar-refractivity contribution in [3.8, 4) is 0 Å². The number of amides is 1. The second kappa shape index (κ2) is 6.85. The van der Waals surface area contributed by atoms with Crippen molar-refractivity contribution in [2.45, 2.75) is 19.9 Å². The Morgan fingerprint density at radius 1 is 1.45 bits per heavy atom. The lowest BCUT2D eigenvalue weighted by atomic mass is 10.2. The zero-order valence-corrected chi connectivity index (χ0v) is 11.7. The number of hydrogen-bond donors (Lipinski definition) is 3. The first-order valence-electron chi connectivity index (χ1n) is 6.22. The Balaban J connectivity index is 2.04. The zero-order chi connectivity index (χ0) is 14.4. The van der Waals surface area contributed by atoms with Crippen molar-refractivity contribution >= 4 is 23.3 Å². The van der Waals surface area contributed by atoms with Crippen LogP contribution in [0.15, 0.2) is 18.6 Å². The minimum atomic E-state index is -0.284. The molecule has 0 unspecified atom stereocenters. The van der Waals surface area contributed by atoms with Gasteiger partial charge in [-0.3, -0.25) is 9.89 Å². The Hall–Kier alpha value is -2.15. The first-order chi connectivity index (χ1) is 9.70. The van der Waals surface area contributed by atoms with Crippen molar-refractivity contribution in [2.75, 3.05) is 11.9 Å². The van der Waals surface area contributed by atoms with Gasteiger partial charge >= 0.3 is 0 Å². The Bertz CT molecular complexity index is 571. The maximum absolute atomic E-state index is 12.1. The molecule has 0 radical (unpaired) electrons. The number of aromatic amines is 1. The number of carbonyl (C=O) groups excluding carboxylic acids is 1. The van der Waals surface area contributed by atoms with Crippen molar-refractivity contribution in [1.29, 1.82) is 0 Å². The lowest BCUT2D eigenvalue weighted by Crippen LogP contribution is -2.24. The topological polar surface area (TPSA) is 95.6 Å². The third-order valence-electron chi connectivity index (χ3n) is 2.54. The summed E-state index contributed by atoms with van der Waals surface area (Å²) in [5.41, 5.74) is 0.375. The van der Waals surface area contributed by atoms with Gasteiger partial charge in [0, 0.05) is 12.7 Å². The summed E-state index contributed by atoms with van der Waals surface area (Å²) in [5, 5.41) is 12.5. The molecule has 3 N–H and O–H groups in total. The number of nitrogens with one attached hydrogen (secondary N) is 3. The van der Waals surface area contributed by atoms with Gasteiger partial charge in [-0.1, -0.05) is 18.5 Å². The van der Waals surface area contributed by atoms with Gasteiger partial charge in [0.15, 0.2) is 0 Å². The molecule has 2 aromatic heterocycles. The van der Waals surface area contributed by atoms with Crippen molar-refractivity contribution in [3.63, 3.8) is 0 Å². The van der Waals surface area contributed by atoms with Gasteiger partial charge in [0.05, 0.1) is 17.1 Å². The SMILES string of the molecule is CCCNc1cc(C(=O)NCc2ncn[nH]2)c(Cl)cn1. The average molecular weight is 295 g/mol. The van der Waals surface area contributed by atoms with E-state index in [0.29, 0.717) is 22.2 Å². The zero-order valence-electron chi connectivity index (χ0n) is 11.0. The number of carbonyl (C=O) groups is 1. The number of nitrogens with zero attached hydrogens (tertiary/aromatic N) is 3. The van der Waals surface area contributed by atoms with Gasteiger partial charge in [-0.15, -0.1) is 0 Å². The number of H-pyrrole nitrogens is 1. The summed E-state index contributed by atoms with van der Waals surface area (Å²) >= 11 is 6.00. The minimum Gasteiger partial charge on any atom is -0.370 e. The molecule has 1 amide bonds. The third kappa shape index (κ3) is 3.67. The van der Waals surface area contributed by atoms with E-state index in [2.05, 4.69) is 30.8 Å². The van der Waals surface area contributed by atoms with Gasteiger partial charge < -0.3 is 10.6 Å². The normalized spacial score (nSPS) is 10.3. The maximum atomic E-state index is 12.1. The number of aromatic nitrogens is 4. The van der Waals surface area contributed by atoms with E-state index < -0.39 is 0 Å². The molecule has 20 heavy (non-hydrogen) atoms. The van der Waals surface area contributed by atoms with Gasteiger partial charge in [-0.2, -0.15) is 5.10 Å². The van der Waals surface area contributed by atoms with E-state index >= 15 is 0 Å². The van der Waals surface area contributed by atoms with E-state index in [9.17, 15) is 4.79 Å². The quantitative estimate of drug-likeness (QED) is 0.752. The minimum absolute atomic E-state index is 0.259. The predicted molar refractivity (Wildman–Crippen MR) is 75.6 cm³/mol. The van der Waals surface area contributed by atoms with Crippen LogP contribution in [0.25, 0.3) is 0 Å². The fourth-order valence-corrected chi connectivity index (χ4v) is 1.73. The second-order valence-corrected chi connectivity index (χ2v) is 4.50. The molecular formula is C12H15ClN6O. The lowest BCUT2D eigenvalue weighted by molar-refractivity contribution is 0.0950. The molecule has 0 saturated heterocycles. The summed E-state index contributed by atoms with van der Waals surface area (Å²) in [6.07, 6.45) is 3.81. The number of anilines is 1. The predicted octanol–water partition coefficient (Wildman–Crippen LogP) is 1.60. The van der Waals surface area contributed by atoms with Crippen LogP contribution in [0.1, 0.15) is 29.5 Å². The Labute approximate surface area is 121 Å². The highest BCUT2D eigenvalue weighted by Gasteiger charge is 2.12. The Morgan fingerprint density at radius 3 is 3.00 bits per heavy atom. The molecule has 2 aromatic rings. The highest BCUT2D eigenvalue weighted by Crippen LogP contribution is 2.18. The van der Waals surface area contributed by atoms with Crippen LogP contribution in [-0.2, 0) is 6.54 Å². The van der Waals surface area contributed by atoms with Crippen LogP contribution in [0.2, 0.25) is 5.02 Å². The van der Waals surface area contributed by atoms with Gasteiger partial charge in [0.2, 0.25) is 0 Å². The fourth-order valence-electron chi connectivity index (χ4n) is 1.54. The molecule has 0 aliphatic rings. The van der Waals surface area contributed by atoms with Crippen LogP contribution >= 0.6 is 11.6 Å². The number of hydrogen-bond acceptors (Lipinski definition) is 5. The first-order valence-corrected chi connectivity index (χ1v) is 6.60. The highest BCUT2D eigenvalue weighted by atomic mass is 35.5. The van der Waals surface area contributed by atoms with Gasteiger partial charge in [0.25, 0.3) is 5.91 Å². The second-order valence-electron chi connectivity index (χ2n) is 4.09. The van der Waals surface area contributed by atoms with Gasteiger partial charge in [-0.25, -0.2) is 9.97 Å². The fraction of sp³-hybridized carbons (Fsp3) is 0.333. The molecule has 2 rings (SSSR count). The largest absolute Gasteiger partial charge is 0.370 e. The van der Waals surface area contributed by atoms with Gasteiger partial charge in [-0.05, 0) is 12.5 Å². The molecule has 0 bridgehead atoms. The van der Waals surface area contributed by atoms with Crippen molar-refractivity contribution in [3.05, 3.63) is 35.0 Å². The molecule has 0 aliphatic heterocycles. The Kier molecular flexibility index (Phi) is 4.89. The molecule has 0 aromatic carbocycles. The molecule has 0 saturated carbocycles. The molecule has 0 fully saturated rings. The maximum Gasteiger partial charge on any atom is 0.253 e. The standard InChI is InChI=1S/C12H15ClN6O/c1-2-3-14-10-4-8(9(13)5-15-10)12(20)16-6-11-17-7-18-19-11/h4-5,7H,2-3,6H2,1H3,(H,14,15)(H,16,20)(H,17,18,19). The van der Waals surface area contributed by atoms with Crippen LogP contribution in [0.4, 0.5) is 5.82 Å². The van der Waals surface area contributed by atoms with Crippen molar-refractivity contribution < 1.29 is 4.79 Å². The summed E-state index contributed by atoms with van der Waals surface area (Å²) in [5.74, 6) is 0.919. The van der Waals surface area contributed by atoms with E-state index in [0.717, 1.165) is 13.0 Å². The van der Waals surface area contributed by atoms with Crippen LogP contribution < -0.4 is 10.6 Å². The molecule has 0 atom stereocenters. The smallest absolute Gasteiger partial charge is 0.253 e. The molecule has 7 nitrogen and oxygen atoms in total. The molecule has 106 valence electrons. The van der Waals surface area contributed by atoms with E-state index in [1.165, 1.54) is 12.5 Å². The molecule has 8 heteroatoms. The van der Waals surface area contributed by atoms with Crippen LogP contribution in [0.3, 0.4) is 0 Å². The monoisotopic (exact) mass is 294 g/mol. The highest BCUT2D eigenvalue weighted by molar-refractivity contribution is 6.33. The lowest BCUT2D eigenvalue weighted by Gasteiger charge is -2.08. The summed E-state index contributed by atoms with van der Waals surface area (Å²) in [4.78, 5) is 20.1. The average Bonchev–Trinajstić information content (AvgIpc) is 2.97. The van der Waals surface area contributed by atoms with Gasteiger partial charge in [0.1, 0.15) is 18.0 Å². The number of pyridine rings is 1. The summed E-state index contributed by atoms with van der Waals surface area (Å²) in [6.45, 7) is 3.09. The number of halogens is 1. The van der Waals surface area contributed by atoms with E-state index in [1.807, 2.05) is 6.92 Å². The Morgan fingerprint density at radius 2 is 2.30 bits per heavy atom. The molecule has 0 spiro atoms. The first kappa shape index (κ1) is 14.3. The molecule has 0 aliphatic carbocycles.